The second-order valence-electron chi connectivity index (χ2n) is 3.58. The van der Waals surface area contributed by atoms with Crippen molar-refractivity contribution in [3.05, 3.63) is 24.3 Å². The quantitative estimate of drug-likeness (QED) is 0.801. The van der Waals surface area contributed by atoms with Crippen LogP contribution in [0.3, 0.4) is 0 Å². The first-order valence-corrected chi connectivity index (χ1v) is 6.56. The standard InChI is InChI=1S/C10H14N2O3S/c1-7(11)10(13)12-8-4-3-5-9(6-8)16(2,14)15/h3-7H,11H2,1-2H3,(H,12,13)/t7-/m1/s1. The lowest BCUT2D eigenvalue weighted by atomic mass is 10.3. The van der Waals surface area contributed by atoms with Crippen molar-refractivity contribution in [1.82, 2.24) is 0 Å². The lowest BCUT2D eigenvalue weighted by Crippen LogP contribution is -2.32. The molecular weight excluding hydrogens is 228 g/mol. The van der Waals surface area contributed by atoms with Gasteiger partial charge in [-0.15, -0.1) is 0 Å². The Morgan fingerprint density at radius 1 is 1.44 bits per heavy atom. The minimum atomic E-state index is -3.26. The van der Waals surface area contributed by atoms with Crippen LogP contribution in [0.25, 0.3) is 0 Å². The minimum absolute atomic E-state index is 0.162. The molecule has 0 radical (unpaired) electrons. The summed E-state index contributed by atoms with van der Waals surface area (Å²) >= 11 is 0. The molecule has 1 atom stereocenters. The Morgan fingerprint density at radius 3 is 2.56 bits per heavy atom. The molecule has 0 fully saturated rings. The van der Waals surface area contributed by atoms with Crippen LogP contribution in [-0.4, -0.2) is 26.6 Å². The molecule has 0 saturated carbocycles. The van der Waals surface area contributed by atoms with Crippen LogP contribution in [0.2, 0.25) is 0 Å². The highest BCUT2D eigenvalue weighted by molar-refractivity contribution is 7.90. The van der Waals surface area contributed by atoms with Crippen molar-refractivity contribution >= 4 is 21.4 Å². The number of anilines is 1. The fourth-order valence-electron chi connectivity index (χ4n) is 1.06. The van der Waals surface area contributed by atoms with E-state index < -0.39 is 15.9 Å². The highest BCUT2D eigenvalue weighted by atomic mass is 32.2. The number of carbonyl (C=O) groups is 1. The molecule has 0 bridgehead atoms. The molecule has 0 spiro atoms. The molecule has 1 rings (SSSR count). The van der Waals surface area contributed by atoms with E-state index in [9.17, 15) is 13.2 Å². The van der Waals surface area contributed by atoms with Gasteiger partial charge < -0.3 is 11.1 Å². The van der Waals surface area contributed by atoms with Gasteiger partial charge in [0, 0.05) is 11.9 Å². The highest BCUT2D eigenvalue weighted by Gasteiger charge is 2.10. The maximum Gasteiger partial charge on any atom is 0.240 e. The first kappa shape index (κ1) is 12.7. The Morgan fingerprint density at radius 2 is 2.06 bits per heavy atom. The van der Waals surface area contributed by atoms with E-state index in [2.05, 4.69) is 5.32 Å². The molecule has 0 unspecified atom stereocenters. The number of hydrogen-bond acceptors (Lipinski definition) is 4. The summed E-state index contributed by atoms with van der Waals surface area (Å²) in [6.45, 7) is 1.55. The predicted molar refractivity (Wildman–Crippen MR) is 61.8 cm³/mol. The zero-order valence-corrected chi connectivity index (χ0v) is 9.91. The van der Waals surface area contributed by atoms with E-state index in [-0.39, 0.29) is 10.8 Å². The molecule has 0 saturated heterocycles. The van der Waals surface area contributed by atoms with Gasteiger partial charge in [-0.3, -0.25) is 4.79 Å². The molecule has 5 nitrogen and oxygen atoms in total. The SMILES string of the molecule is C[C@@H](N)C(=O)Nc1cccc(S(C)(=O)=O)c1. The summed E-state index contributed by atoms with van der Waals surface area (Å²) in [6, 6.07) is 5.40. The average molecular weight is 242 g/mol. The van der Waals surface area contributed by atoms with Gasteiger partial charge in [-0.1, -0.05) is 6.07 Å². The van der Waals surface area contributed by atoms with Crippen molar-refractivity contribution in [2.24, 2.45) is 5.73 Å². The Hall–Kier alpha value is -1.40. The second-order valence-corrected chi connectivity index (χ2v) is 5.59. The van der Waals surface area contributed by atoms with Gasteiger partial charge in [0.25, 0.3) is 0 Å². The van der Waals surface area contributed by atoms with Gasteiger partial charge in [-0.25, -0.2) is 8.42 Å². The van der Waals surface area contributed by atoms with Crippen molar-refractivity contribution in [3.63, 3.8) is 0 Å². The fraction of sp³-hybridized carbons (Fsp3) is 0.300. The number of benzene rings is 1. The van der Waals surface area contributed by atoms with Crippen LogP contribution in [0, 0.1) is 0 Å². The fourth-order valence-corrected chi connectivity index (χ4v) is 1.73. The monoisotopic (exact) mass is 242 g/mol. The third-order valence-electron chi connectivity index (χ3n) is 1.94. The van der Waals surface area contributed by atoms with Crippen molar-refractivity contribution in [1.29, 1.82) is 0 Å². The second kappa shape index (κ2) is 4.63. The van der Waals surface area contributed by atoms with Crippen molar-refractivity contribution < 1.29 is 13.2 Å². The molecule has 0 aliphatic carbocycles. The minimum Gasteiger partial charge on any atom is -0.325 e. The van der Waals surface area contributed by atoms with Crippen molar-refractivity contribution in [3.8, 4) is 0 Å². The maximum atomic E-state index is 11.3. The van der Waals surface area contributed by atoms with Gasteiger partial charge in [-0.05, 0) is 25.1 Å². The van der Waals surface area contributed by atoms with E-state index in [1.165, 1.54) is 12.1 Å². The van der Waals surface area contributed by atoms with Gasteiger partial charge >= 0.3 is 0 Å². The third-order valence-corrected chi connectivity index (χ3v) is 3.05. The van der Waals surface area contributed by atoms with Gasteiger partial charge in [0.1, 0.15) is 0 Å². The summed E-state index contributed by atoms with van der Waals surface area (Å²) in [7, 11) is -3.26. The number of rotatable bonds is 3. The lowest BCUT2D eigenvalue weighted by molar-refractivity contribution is -0.117. The summed E-state index contributed by atoms with van der Waals surface area (Å²) in [4.78, 5) is 11.4. The van der Waals surface area contributed by atoms with Crippen LogP contribution in [0.5, 0.6) is 0 Å². The normalized spacial score (nSPS) is 13.2. The van der Waals surface area contributed by atoms with E-state index in [1.54, 1.807) is 19.1 Å². The molecule has 88 valence electrons. The van der Waals surface area contributed by atoms with Gasteiger partial charge in [0.2, 0.25) is 5.91 Å². The van der Waals surface area contributed by atoms with E-state index in [1.807, 2.05) is 0 Å². The summed E-state index contributed by atoms with van der Waals surface area (Å²) < 4.78 is 22.5. The largest absolute Gasteiger partial charge is 0.325 e. The van der Waals surface area contributed by atoms with Gasteiger partial charge in [0.15, 0.2) is 9.84 Å². The molecule has 1 aromatic carbocycles. The molecule has 0 aliphatic heterocycles. The zero-order valence-electron chi connectivity index (χ0n) is 9.10. The summed E-state index contributed by atoms with van der Waals surface area (Å²) in [5, 5.41) is 2.53. The topological polar surface area (TPSA) is 89.3 Å². The first-order chi connectivity index (χ1) is 7.30. The van der Waals surface area contributed by atoms with Gasteiger partial charge in [0.05, 0.1) is 10.9 Å². The maximum absolute atomic E-state index is 11.3. The molecule has 6 heteroatoms. The molecule has 0 heterocycles. The van der Waals surface area contributed by atoms with Crippen molar-refractivity contribution in [2.45, 2.75) is 17.9 Å². The molecule has 1 aromatic rings. The highest BCUT2D eigenvalue weighted by Crippen LogP contribution is 2.15. The number of hydrogen-bond donors (Lipinski definition) is 2. The first-order valence-electron chi connectivity index (χ1n) is 4.67. The Kier molecular flexibility index (Phi) is 3.66. The van der Waals surface area contributed by atoms with Crippen LogP contribution in [0.1, 0.15) is 6.92 Å². The molecular formula is C10H14N2O3S. The summed E-state index contributed by atoms with van der Waals surface area (Å²) in [6.07, 6.45) is 1.11. The van der Waals surface area contributed by atoms with Crippen LogP contribution >= 0.6 is 0 Å². The number of amides is 1. The summed E-state index contributed by atoms with van der Waals surface area (Å²) in [5.74, 6) is -0.356. The molecule has 3 N–H and O–H groups in total. The van der Waals surface area contributed by atoms with Crippen LogP contribution < -0.4 is 11.1 Å². The van der Waals surface area contributed by atoms with E-state index in [0.717, 1.165) is 6.26 Å². The smallest absolute Gasteiger partial charge is 0.240 e. The zero-order chi connectivity index (χ0) is 12.3. The van der Waals surface area contributed by atoms with E-state index >= 15 is 0 Å². The van der Waals surface area contributed by atoms with Gasteiger partial charge in [-0.2, -0.15) is 0 Å². The van der Waals surface area contributed by atoms with E-state index in [0.29, 0.717) is 5.69 Å². The molecule has 0 aliphatic rings. The molecule has 16 heavy (non-hydrogen) atoms. The molecule has 1 amide bonds. The Bertz CT molecular complexity index is 495. The average Bonchev–Trinajstić information content (AvgIpc) is 2.16. The lowest BCUT2D eigenvalue weighted by Gasteiger charge is -2.08. The van der Waals surface area contributed by atoms with Crippen LogP contribution in [-0.2, 0) is 14.6 Å². The number of sulfone groups is 1. The molecule has 0 aromatic heterocycles. The van der Waals surface area contributed by atoms with Crippen LogP contribution in [0.4, 0.5) is 5.69 Å². The summed E-state index contributed by atoms with van der Waals surface area (Å²) in [5.41, 5.74) is 5.80. The van der Waals surface area contributed by atoms with E-state index in [4.69, 9.17) is 5.73 Å². The predicted octanol–water partition coefficient (Wildman–Crippen LogP) is 0.376. The Labute approximate surface area is 94.6 Å². The number of nitrogens with one attached hydrogen (secondary N) is 1. The Balaban J connectivity index is 2.96. The third kappa shape index (κ3) is 3.32. The van der Waals surface area contributed by atoms with Crippen molar-refractivity contribution in [2.75, 3.05) is 11.6 Å². The number of nitrogens with two attached hydrogens (primary N) is 1. The number of carbonyl (C=O) groups excluding carboxylic acids is 1. The van der Waals surface area contributed by atoms with Crippen LogP contribution in [0.15, 0.2) is 29.2 Å².